The fourth-order valence-corrected chi connectivity index (χ4v) is 4.42. The molecular weight excluding hydrogens is 545 g/mol. The first-order chi connectivity index (χ1) is 18.8. The minimum atomic E-state index is -0.420. The minimum Gasteiger partial charge on any atom is -0.493 e. The monoisotopic (exact) mass is 567 g/mol. The van der Waals surface area contributed by atoms with Crippen LogP contribution in [0.25, 0.3) is 0 Å². The largest absolute Gasteiger partial charge is 0.493 e. The Balaban J connectivity index is 1.31. The lowest BCUT2D eigenvalue weighted by atomic mass is 10.1. The molecule has 0 fully saturated rings. The van der Waals surface area contributed by atoms with Gasteiger partial charge in [0.1, 0.15) is 17.4 Å². The molecule has 3 aromatic carbocycles. The van der Waals surface area contributed by atoms with Crippen molar-refractivity contribution in [2.45, 2.75) is 20.0 Å². The molecule has 2 N–H and O–H groups in total. The molecule has 1 heterocycles. The lowest BCUT2D eigenvalue weighted by Crippen LogP contribution is -2.19. The van der Waals surface area contributed by atoms with E-state index in [2.05, 4.69) is 26.0 Å². The van der Waals surface area contributed by atoms with Crippen LogP contribution in [0.2, 0.25) is 5.02 Å². The Morgan fingerprint density at radius 1 is 1.13 bits per heavy atom. The number of amides is 2. The maximum Gasteiger partial charge on any atom is 0.257 e. The molecule has 200 valence electrons. The van der Waals surface area contributed by atoms with Crippen LogP contribution in [-0.2, 0) is 17.8 Å². The van der Waals surface area contributed by atoms with Gasteiger partial charge in [-0.05, 0) is 53.9 Å². The summed E-state index contributed by atoms with van der Waals surface area (Å²) in [6.07, 6.45) is 1.33. The lowest BCUT2D eigenvalue weighted by molar-refractivity contribution is -0.120. The average Bonchev–Trinajstić information content (AvgIpc) is 3.35. The number of carbonyl (C=O) groups excluding carboxylic acids is 2. The van der Waals surface area contributed by atoms with Crippen LogP contribution in [0.15, 0.2) is 65.8 Å². The molecule has 0 aliphatic heterocycles. The molecule has 0 unspecified atom stereocenters. The van der Waals surface area contributed by atoms with Crippen LogP contribution >= 0.6 is 22.9 Å². The van der Waals surface area contributed by atoms with Crippen molar-refractivity contribution in [1.82, 2.24) is 15.6 Å². The number of nitrogens with zero attached hydrogens (tertiary/aromatic N) is 3. The average molecular weight is 568 g/mol. The van der Waals surface area contributed by atoms with Crippen molar-refractivity contribution in [1.29, 1.82) is 0 Å². The molecule has 12 heteroatoms. The number of benzene rings is 3. The predicted molar refractivity (Wildman–Crippen MR) is 147 cm³/mol. The summed E-state index contributed by atoms with van der Waals surface area (Å²) in [6.45, 7) is 2.01. The summed E-state index contributed by atoms with van der Waals surface area (Å²) in [5.41, 5.74) is 5.11. The Morgan fingerprint density at radius 2 is 1.90 bits per heavy atom. The number of aryl methyl sites for hydroxylation is 1. The summed E-state index contributed by atoms with van der Waals surface area (Å²) in [4.78, 5) is 24.8. The Labute approximate surface area is 232 Å². The van der Waals surface area contributed by atoms with E-state index in [1.165, 1.54) is 25.5 Å². The SMILES string of the molecule is COc1cc(/C=N\NC(=O)Cc2nnc(NC(=O)c3ccccc3C)s2)cc(Cl)c1OCc1ccc(F)cc1. The number of aromatic nitrogens is 2. The van der Waals surface area contributed by atoms with E-state index in [9.17, 15) is 14.0 Å². The van der Waals surface area contributed by atoms with Crippen LogP contribution in [0.1, 0.15) is 32.1 Å². The second-order valence-corrected chi connectivity index (χ2v) is 9.66. The molecule has 0 atom stereocenters. The number of halogens is 2. The third-order valence-electron chi connectivity index (χ3n) is 5.34. The van der Waals surface area contributed by atoms with Crippen LogP contribution in [0, 0.1) is 12.7 Å². The fourth-order valence-electron chi connectivity index (χ4n) is 3.41. The van der Waals surface area contributed by atoms with Gasteiger partial charge >= 0.3 is 0 Å². The van der Waals surface area contributed by atoms with Crippen molar-refractivity contribution >= 4 is 46.1 Å². The van der Waals surface area contributed by atoms with E-state index in [0.717, 1.165) is 22.5 Å². The van der Waals surface area contributed by atoms with Gasteiger partial charge in [-0.15, -0.1) is 10.2 Å². The topological polar surface area (TPSA) is 115 Å². The summed E-state index contributed by atoms with van der Waals surface area (Å²) in [5, 5.41) is 15.5. The summed E-state index contributed by atoms with van der Waals surface area (Å²) >= 11 is 7.48. The Hall–Kier alpha value is -4.35. The van der Waals surface area contributed by atoms with Crippen molar-refractivity contribution in [2.24, 2.45) is 5.10 Å². The van der Waals surface area contributed by atoms with Gasteiger partial charge in [-0.1, -0.05) is 53.3 Å². The fraction of sp³-hybridized carbons (Fsp3) is 0.148. The number of carbonyl (C=O) groups is 2. The summed E-state index contributed by atoms with van der Waals surface area (Å²) < 4.78 is 24.3. The Kier molecular flexibility index (Phi) is 9.18. The maximum absolute atomic E-state index is 13.1. The molecule has 0 spiro atoms. The van der Waals surface area contributed by atoms with E-state index < -0.39 is 5.91 Å². The molecule has 0 radical (unpaired) electrons. The minimum absolute atomic E-state index is 0.0739. The summed E-state index contributed by atoms with van der Waals surface area (Å²) in [7, 11) is 1.47. The first-order valence-electron chi connectivity index (χ1n) is 11.6. The van der Waals surface area contributed by atoms with Crippen LogP contribution in [-0.4, -0.2) is 35.3 Å². The van der Waals surface area contributed by atoms with Gasteiger partial charge < -0.3 is 9.47 Å². The number of hydrogen-bond donors (Lipinski definition) is 2. The Morgan fingerprint density at radius 3 is 2.64 bits per heavy atom. The lowest BCUT2D eigenvalue weighted by Gasteiger charge is -2.13. The van der Waals surface area contributed by atoms with Crippen molar-refractivity contribution in [3.8, 4) is 11.5 Å². The molecule has 0 aliphatic carbocycles. The van der Waals surface area contributed by atoms with E-state index in [4.69, 9.17) is 21.1 Å². The molecule has 0 saturated heterocycles. The molecule has 2 amide bonds. The highest BCUT2D eigenvalue weighted by molar-refractivity contribution is 7.15. The smallest absolute Gasteiger partial charge is 0.257 e. The number of hydrazone groups is 1. The molecule has 0 bridgehead atoms. The maximum atomic E-state index is 13.1. The molecule has 39 heavy (non-hydrogen) atoms. The number of hydrogen-bond acceptors (Lipinski definition) is 8. The van der Waals surface area contributed by atoms with E-state index >= 15 is 0 Å². The number of methoxy groups -OCH3 is 1. The van der Waals surface area contributed by atoms with Gasteiger partial charge in [0.15, 0.2) is 11.5 Å². The van der Waals surface area contributed by atoms with Crippen molar-refractivity contribution < 1.29 is 23.5 Å². The third kappa shape index (κ3) is 7.59. The molecule has 4 aromatic rings. The van der Waals surface area contributed by atoms with Crippen LogP contribution < -0.4 is 20.2 Å². The van der Waals surface area contributed by atoms with Crippen LogP contribution in [0.5, 0.6) is 11.5 Å². The van der Waals surface area contributed by atoms with E-state index in [1.807, 2.05) is 19.1 Å². The van der Waals surface area contributed by atoms with E-state index in [-0.39, 0.29) is 34.9 Å². The highest BCUT2D eigenvalue weighted by Crippen LogP contribution is 2.36. The van der Waals surface area contributed by atoms with Gasteiger partial charge in [-0.2, -0.15) is 5.10 Å². The Bertz CT molecular complexity index is 1510. The standard InChI is InChI=1S/C27H23ClFN5O4S/c1-16-5-3-4-6-20(16)26(36)31-27-34-33-24(39-27)13-23(35)32-30-14-18-11-21(28)25(22(12-18)37-2)38-15-17-7-9-19(29)10-8-17/h3-12,14H,13,15H2,1-2H3,(H,32,35)(H,31,34,36)/b30-14-. The quantitative estimate of drug-likeness (QED) is 0.202. The molecule has 1 aromatic heterocycles. The molecule has 9 nitrogen and oxygen atoms in total. The molecule has 4 rings (SSSR count). The number of anilines is 1. The highest BCUT2D eigenvalue weighted by atomic mass is 35.5. The normalized spacial score (nSPS) is 10.9. The zero-order chi connectivity index (χ0) is 27.8. The second kappa shape index (κ2) is 12.9. The van der Waals surface area contributed by atoms with Crippen LogP contribution in [0.3, 0.4) is 0 Å². The van der Waals surface area contributed by atoms with Crippen molar-refractivity contribution in [3.05, 3.63) is 98.8 Å². The van der Waals surface area contributed by atoms with Gasteiger partial charge in [0, 0.05) is 5.56 Å². The molecule has 0 aliphatic rings. The van der Waals surface area contributed by atoms with Crippen LogP contribution in [0.4, 0.5) is 9.52 Å². The first kappa shape index (κ1) is 27.7. The summed E-state index contributed by atoms with van der Waals surface area (Å²) in [6, 6.07) is 16.4. The van der Waals surface area contributed by atoms with E-state index in [0.29, 0.717) is 27.6 Å². The van der Waals surface area contributed by atoms with Crippen molar-refractivity contribution in [2.75, 3.05) is 12.4 Å². The van der Waals surface area contributed by atoms with Gasteiger partial charge in [0.05, 0.1) is 24.8 Å². The second-order valence-electron chi connectivity index (χ2n) is 8.19. The first-order valence-corrected chi connectivity index (χ1v) is 12.8. The highest BCUT2D eigenvalue weighted by Gasteiger charge is 2.14. The summed E-state index contributed by atoms with van der Waals surface area (Å²) in [5.74, 6) is -0.361. The van der Waals surface area contributed by atoms with Crippen molar-refractivity contribution in [3.63, 3.8) is 0 Å². The third-order valence-corrected chi connectivity index (χ3v) is 6.46. The number of ether oxygens (including phenoxy) is 2. The van der Waals surface area contributed by atoms with E-state index in [1.54, 1.807) is 36.4 Å². The number of rotatable bonds is 10. The van der Waals surface area contributed by atoms with Gasteiger partial charge in [-0.3, -0.25) is 14.9 Å². The van der Waals surface area contributed by atoms with Gasteiger partial charge in [0.2, 0.25) is 11.0 Å². The molecule has 0 saturated carbocycles. The zero-order valence-corrected chi connectivity index (χ0v) is 22.5. The number of nitrogens with one attached hydrogen (secondary N) is 2. The van der Waals surface area contributed by atoms with Gasteiger partial charge in [-0.25, -0.2) is 9.82 Å². The van der Waals surface area contributed by atoms with Gasteiger partial charge in [0.25, 0.3) is 5.91 Å². The molecular formula is C27H23ClFN5O4S. The predicted octanol–water partition coefficient (Wildman–Crippen LogP) is 5.17. The zero-order valence-electron chi connectivity index (χ0n) is 20.9.